The number of nitrogens with two attached hydrogens (primary N) is 1. The molecule has 0 saturated heterocycles. The van der Waals surface area contributed by atoms with Gasteiger partial charge >= 0.3 is 0 Å². The van der Waals surface area contributed by atoms with Crippen molar-refractivity contribution >= 4 is 5.69 Å². The fraction of sp³-hybridized carbons (Fsp3) is 0.222. The van der Waals surface area contributed by atoms with Gasteiger partial charge in [-0.05, 0) is 13.0 Å². The molecule has 0 atom stereocenters. The molecular formula is C9H11N5. The Balaban J connectivity index is 2.59. The van der Waals surface area contributed by atoms with Crippen LogP contribution in [-0.4, -0.2) is 19.7 Å². The maximum atomic E-state index is 5.76. The van der Waals surface area contributed by atoms with Crippen molar-refractivity contribution in [3.8, 4) is 11.5 Å². The molecule has 0 fully saturated rings. The van der Waals surface area contributed by atoms with Gasteiger partial charge in [-0.2, -0.15) is 5.10 Å². The third-order valence-electron chi connectivity index (χ3n) is 1.97. The first-order chi connectivity index (χ1) is 6.68. The Hall–Kier alpha value is -1.91. The van der Waals surface area contributed by atoms with Crippen LogP contribution in [0.25, 0.3) is 11.5 Å². The predicted molar refractivity (Wildman–Crippen MR) is 53.4 cm³/mol. The maximum absolute atomic E-state index is 5.76. The normalized spacial score (nSPS) is 10.4. The molecule has 72 valence electrons. The molecule has 0 spiro atoms. The molecule has 5 nitrogen and oxygen atoms in total. The van der Waals surface area contributed by atoms with Gasteiger partial charge < -0.3 is 5.73 Å². The third kappa shape index (κ3) is 1.32. The summed E-state index contributed by atoms with van der Waals surface area (Å²) in [5, 5.41) is 4.03. The number of hydrogen-bond donors (Lipinski definition) is 1. The van der Waals surface area contributed by atoms with Gasteiger partial charge in [-0.25, -0.2) is 9.97 Å². The summed E-state index contributed by atoms with van der Waals surface area (Å²) in [6.07, 6.45) is 3.31. The zero-order valence-electron chi connectivity index (χ0n) is 8.10. The molecule has 2 rings (SSSR count). The van der Waals surface area contributed by atoms with E-state index in [9.17, 15) is 0 Å². The van der Waals surface area contributed by atoms with Crippen LogP contribution in [0, 0.1) is 6.92 Å². The Labute approximate surface area is 81.6 Å². The summed E-state index contributed by atoms with van der Waals surface area (Å²) in [5.41, 5.74) is 8.03. The van der Waals surface area contributed by atoms with Crippen LogP contribution >= 0.6 is 0 Å². The van der Waals surface area contributed by atoms with E-state index < -0.39 is 0 Å². The molecule has 0 aliphatic heterocycles. The van der Waals surface area contributed by atoms with Gasteiger partial charge in [-0.1, -0.05) is 0 Å². The van der Waals surface area contributed by atoms with E-state index in [1.54, 1.807) is 17.1 Å². The van der Waals surface area contributed by atoms with Crippen molar-refractivity contribution in [2.45, 2.75) is 6.92 Å². The molecule has 0 aliphatic carbocycles. The quantitative estimate of drug-likeness (QED) is 0.719. The van der Waals surface area contributed by atoms with E-state index in [-0.39, 0.29) is 0 Å². The number of rotatable bonds is 1. The number of anilines is 1. The van der Waals surface area contributed by atoms with Gasteiger partial charge in [-0.3, -0.25) is 4.68 Å². The molecule has 14 heavy (non-hydrogen) atoms. The Bertz CT molecular complexity index is 440. The summed E-state index contributed by atoms with van der Waals surface area (Å²) in [6, 6.07) is 1.84. The highest BCUT2D eigenvalue weighted by Crippen LogP contribution is 2.20. The third-order valence-corrected chi connectivity index (χ3v) is 1.97. The van der Waals surface area contributed by atoms with Gasteiger partial charge in [-0.15, -0.1) is 0 Å². The Kier molecular flexibility index (Phi) is 1.92. The number of aromatic nitrogens is 4. The van der Waals surface area contributed by atoms with E-state index in [1.807, 2.05) is 20.0 Å². The van der Waals surface area contributed by atoms with Crippen LogP contribution < -0.4 is 5.73 Å². The minimum Gasteiger partial charge on any atom is -0.396 e. The highest BCUT2D eigenvalue weighted by molar-refractivity contribution is 5.66. The van der Waals surface area contributed by atoms with Gasteiger partial charge in [0.1, 0.15) is 5.69 Å². The van der Waals surface area contributed by atoms with E-state index in [0.717, 1.165) is 11.4 Å². The van der Waals surface area contributed by atoms with Gasteiger partial charge in [0.15, 0.2) is 5.82 Å². The van der Waals surface area contributed by atoms with E-state index in [1.165, 1.54) is 0 Å². The van der Waals surface area contributed by atoms with Crippen molar-refractivity contribution in [2.75, 3.05) is 5.73 Å². The highest BCUT2D eigenvalue weighted by Gasteiger charge is 2.10. The fourth-order valence-electron chi connectivity index (χ4n) is 1.29. The number of hydrogen-bond acceptors (Lipinski definition) is 4. The van der Waals surface area contributed by atoms with Gasteiger partial charge in [0.05, 0.1) is 11.9 Å². The van der Waals surface area contributed by atoms with Crippen LogP contribution in [0.15, 0.2) is 18.5 Å². The Morgan fingerprint density at radius 1 is 1.43 bits per heavy atom. The summed E-state index contributed by atoms with van der Waals surface area (Å²) in [6.45, 7) is 1.91. The molecule has 0 aromatic carbocycles. The zero-order valence-corrected chi connectivity index (χ0v) is 8.10. The summed E-state index contributed by atoms with van der Waals surface area (Å²) in [7, 11) is 1.82. The first kappa shape index (κ1) is 8.68. The Morgan fingerprint density at radius 3 is 2.79 bits per heavy atom. The van der Waals surface area contributed by atoms with E-state index >= 15 is 0 Å². The van der Waals surface area contributed by atoms with E-state index in [2.05, 4.69) is 15.1 Å². The van der Waals surface area contributed by atoms with Crippen molar-refractivity contribution in [1.29, 1.82) is 0 Å². The summed E-state index contributed by atoms with van der Waals surface area (Å²) >= 11 is 0. The minimum atomic E-state index is 0.595. The topological polar surface area (TPSA) is 69.6 Å². The summed E-state index contributed by atoms with van der Waals surface area (Å²) in [5.74, 6) is 0.613. The molecule has 0 aliphatic rings. The van der Waals surface area contributed by atoms with Crippen LogP contribution in [0.4, 0.5) is 5.69 Å². The zero-order chi connectivity index (χ0) is 10.1. The van der Waals surface area contributed by atoms with Crippen LogP contribution in [0.5, 0.6) is 0 Å². The lowest BCUT2D eigenvalue weighted by Crippen LogP contribution is -2.00. The van der Waals surface area contributed by atoms with E-state index in [0.29, 0.717) is 11.5 Å². The number of nitrogen functional groups attached to an aromatic ring is 1. The second kappa shape index (κ2) is 3.10. The van der Waals surface area contributed by atoms with Gasteiger partial charge in [0.25, 0.3) is 0 Å². The lowest BCUT2D eigenvalue weighted by molar-refractivity contribution is 0.769. The lowest BCUT2D eigenvalue weighted by atomic mass is 10.3. The summed E-state index contributed by atoms with van der Waals surface area (Å²) < 4.78 is 1.67. The molecule has 2 aromatic heterocycles. The van der Waals surface area contributed by atoms with E-state index in [4.69, 9.17) is 5.73 Å². The minimum absolute atomic E-state index is 0.595. The summed E-state index contributed by atoms with van der Waals surface area (Å²) in [4.78, 5) is 8.44. The Morgan fingerprint density at radius 2 is 2.21 bits per heavy atom. The molecule has 2 N–H and O–H groups in total. The van der Waals surface area contributed by atoms with Crippen molar-refractivity contribution in [1.82, 2.24) is 19.7 Å². The fourth-order valence-corrected chi connectivity index (χ4v) is 1.29. The lowest BCUT2D eigenvalue weighted by Gasteiger charge is -2.02. The first-order valence-corrected chi connectivity index (χ1v) is 4.26. The molecular weight excluding hydrogens is 178 g/mol. The van der Waals surface area contributed by atoms with Crippen LogP contribution in [-0.2, 0) is 7.05 Å². The van der Waals surface area contributed by atoms with Crippen molar-refractivity contribution in [3.05, 3.63) is 24.2 Å². The van der Waals surface area contributed by atoms with Crippen LogP contribution in [0.3, 0.4) is 0 Å². The average Bonchev–Trinajstić information content (AvgIpc) is 2.46. The van der Waals surface area contributed by atoms with Gasteiger partial charge in [0.2, 0.25) is 0 Å². The molecule has 0 saturated carbocycles. The maximum Gasteiger partial charge on any atom is 0.180 e. The molecule has 2 heterocycles. The van der Waals surface area contributed by atoms with Gasteiger partial charge in [0, 0.05) is 18.9 Å². The molecule has 0 radical (unpaired) electrons. The molecule has 5 heteroatoms. The molecule has 0 unspecified atom stereocenters. The first-order valence-electron chi connectivity index (χ1n) is 4.26. The van der Waals surface area contributed by atoms with Crippen molar-refractivity contribution in [2.24, 2.45) is 7.05 Å². The standard InChI is InChI=1S/C9H11N5/c1-6-3-4-11-9(13-6)8-7(10)5-12-14(8)2/h3-5H,10H2,1-2H3. The highest BCUT2D eigenvalue weighted by atomic mass is 15.3. The SMILES string of the molecule is Cc1ccnc(-c2c(N)cnn2C)n1. The number of nitrogens with zero attached hydrogens (tertiary/aromatic N) is 4. The second-order valence-corrected chi connectivity index (χ2v) is 3.09. The molecule has 0 amide bonds. The second-order valence-electron chi connectivity index (χ2n) is 3.09. The van der Waals surface area contributed by atoms with Crippen molar-refractivity contribution < 1.29 is 0 Å². The predicted octanol–water partition coefficient (Wildman–Crippen LogP) is 0.768. The number of aryl methyl sites for hydroxylation is 2. The smallest absolute Gasteiger partial charge is 0.180 e. The molecule has 0 bridgehead atoms. The average molecular weight is 189 g/mol. The van der Waals surface area contributed by atoms with Crippen LogP contribution in [0.1, 0.15) is 5.69 Å². The largest absolute Gasteiger partial charge is 0.396 e. The molecule has 2 aromatic rings. The monoisotopic (exact) mass is 189 g/mol. The van der Waals surface area contributed by atoms with Crippen LogP contribution in [0.2, 0.25) is 0 Å². The van der Waals surface area contributed by atoms with Crippen molar-refractivity contribution in [3.63, 3.8) is 0 Å².